The summed E-state index contributed by atoms with van der Waals surface area (Å²) in [5.41, 5.74) is 1.96. The zero-order chi connectivity index (χ0) is 12.0. The zero-order valence-electron chi connectivity index (χ0n) is 10.8. The van der Waals surface area contributed by atoms with E-state index in [1.165, 1.54) is 12.8 Å². The molecule has 0 amide bonds. The van der Waals surface area contributed by atoms with E-state index in [-0.39, 0.29) is 0 Å². The van der Waals surface area contributed by atoms with Gasteiger partial charge in [-0.05, 0) is 26.2 Å². The second kappa shape index (κ2) is 6.46. The van der Waals surface area contributed by atoms with Crippen LogP contribution in [0.1, 0.15) is 45.0 Å². The molecule has 0 aromatic carbocycles. The lowest BCUT2D eigenvalue weighted by atomic mass is 10.0. The molecule has 1 unspecified atom stereocenters. The van der Waals surface area contributed by atoms with E-state index in [9.17, 15) is 0 Å². The number of hydrogen-bond acceptors (Lipinski definition) is 3. The lowest BCUT2D eigenvalue weighted by Gasteiger charge is -2.11. The molecular formula is C13H22N2O. The fourth-order valence-electron chi connectivity index (χ4n) is 1.85. The van der Waals surface area contributed by atoms with E-state index in [4.69, 9.17) is 4.74 Å². The minimum atomic E-state index is 0.640. The summed E-state index contributed by atoms with van der Waals surface area (Å²) >= 11 is 0. The highest BCUT2D eigenvalue weighted by Crippen LogP contribution is 2.15. The van der Waals surface area contributed by atoms with Crippen molar-refractivity contribution in [2.45, 2.75) is 47.0 Å². The van der Waals surface area contributed by atoms with Crippen LogP contribution in [0, 0.1) is 12.8 Å². The molecule has 90 valence electrons. The van der Waals surface area contributed by atoms with Crippen molar-refractivity contribution in [1.29, 1.82) is 0 Å². The van der Waals surface area contributed by atoms with Crippen LogP contribution in [0.25, 0.3) is 0 Å². The molecule has 1 aromatic heterocycles. The van der Waals surface area contributed by atoms with Gasteiger partial charge in [-0.25, -0.2) is 4.98 Å². The minimum Gasteiger partial charge on any atom is -0.477 e. The summed E-state index contributed by atoms with van der Waals surface area (Å²) in [4.78, 5) is 8.82. The summed E-state index contributed by atoms with van der Waals surface area (Å²) in [7, 11) is 0. The van der Waals surface area contributed by atoms with Crippen molar-refractivity contribution in [3.8, 4) is 5.88 Å². The molecule has 1 atom stereocenters. The van der Waals surface area contributed by atoms with Gasteiger partial charge in [0.05, 0.1) is 24.2 Å². The molecule has 0 saturated carbocycles. The molecule has 1 rings (SSSR count). The van der Waals surface area contributed by atoms with Crippen molar-refractivity contribution >= 4 is 0 Å². The van der Waals surface area contributed by atoms with Crippen LogP contribution in [0.15, 0.2) is 6.20 Å². The molecule has 3 heteroatoms. The molecular weight excluding hydrogens is 200 g/mol. The van der Waals surface area contributed by atoms with Crippen molar-refractivity contribution in [2.75, 3.05) is 6.61 Å². The van der Waals surface area contributed by atoms with Crippen molar-refractivity contribution in [1.82, 2.24) is 9.97 Å². The number of rotatable bonds is 6. The van der Waals surface area contributed by atoms with Crippen LogP contribution in [0.2, 0.25) is 0 Å². The van der Waals surface area contributed by atoms with Gasteiger partial charge in [0.1, 0.15) is 0 Å². The average molecular weight is 222 g/mol. The van der Waals surface area contributed by atoms with E-state index in [0.29, 0.717) is 18.4 Å². The first-order valence-corrected chi connectivity index (χ1v) is 6.12. The molecule has 1 aromatic rings. The molecule has 0 aliphatic heterocycles. The van der Waals surface area contributed by atoms with E-state index in [1.54, 1.807) is 0 Å². The highest BCUT2D eigenvalue weighted by molar-refractivity contribution is 5.18. The number of aryl methyl sites for hydroxylation is 1. The average Bonchev–Trinajstić information content (AvgIpc) is 2.22. The normalized spacial score (nSPS) is 12.5. The summed E-state index contributed by atoms with van der Waals surface area (Å²) in [5, 5.41) is 0. The molecule has 0 bridgehead atoms. The molecule has 0 N–H and O–H groups in total. The Balaban J connectivity index is 2.65. The Morgan fingerprint density at radius 2 is 2.12 bits per heavy atom. The van der Waals surface area contributed by atoms with Gasteiger partial charge < -0.3 is 4.74 Å². The fraction of sp³-hybridized carbons (Fsp3) is 0.692. The Morgan fingerprint density at radius 1 is 1.38 bits per heavy atom. The molecule has 16 heavy (non-hydrogen) atoms. The highest BCUT2D eigenvalue weighted by atomic mass is 16.5. The number of aromatic nitrogens is 2. The first-order valence-electron chi connectivity index (χ1n) is 6.12. The topological polar surface area (TPSA) is 35.0 Å². The number of nitrogens with zero attached hydrogens (tertiary/aromatic N) is 2. The third kappa shape index (κ3) is 3.80. The van der Waals surface area contributed by atoms with Crippen molar-refractivity contribution < 1.29 is 4.74 Å². The summed E-state index contributed by atoms with van der Waals surface area (Å²) in [6.45, 7) is 9.02. The maximum atomic E-state index is 5.37. The maximum Gasteiger partial charge on any atom is 0.235 e. The van der Waals surface area contributed by atoms with Crippen LogP contribution >= 0.6 is 0 Å². The quantitative estimate of drug-likeness (QED) is 0.741. The third-order valence-electron chi connectivity index (χ3n) is 2.57. The molecule has 0 radical (unpaired) electrons. The zero-order valence-corrected chi connectivity index (χ0v) is 10.8. The Labute approximate surface area is 98.3 Å². The summed E-state index contributed by atoms with van der Waals surface area (Å²) in [5.74, 6) is 1.34. The van der Waals surface area contributed by atoms with Gasteiger partial charge in [0.15, 0.2) is 0 Å². The van der Waals surface area contributed by atoms with Gasteiger partial charge in [0, 0.05) is 0 Å². The summed E-state index contributed by atoms with van der Waals surface area (Å²) in [6.07, 6.45) is 5.32. The molecule has 0 saturated heterocycles. The molecule has 0 aliphatic carbocycles. The minimum absolute atomic E-state index is 0.640. The Hall–Kier alpha value is -1.12. The van der Waals surface area contributed by atoms with Crippen LogP contribution in [-0.4, -0.2) is 16.6 Å². The smallest absolute Gasteiger partial charge is 0.235 e. The van der Waals surface area contributed by atoms with Crippen molar-refractivity contribution in [3.63, 3.8) is 0 Å². The van der Waals surface area contributed by atoms with Crippen LogP contribution < -0.4 is 4.74 Å². The first-order chi connectivity index (χ1) is 7.67. The highest BCUT2D eigenvalue weighted by Gasteiger charge is 2.07. The standard InChI is InChI=1S/C13H22N2O/c1-5-7-10(3)8-12-9-14-13(16-6-2)11(4)15-12/h9-10H,5-8H2,1-4H3. The van der Waals surface area contributed by atoms with E-state index in [1.807, 2.05) is 20.0 Å². The molecule has 1 heterocycles. The van der Waals surface area contributed by atoms with Crippen molar-refractivity contribution in [3.05, 3.63) is 17.6 Å². The largest absolute Gasteiger partial charge is 0.477 e. The van der Waals surface area contributed by atoms with Gasteiger partial charge in [0.2, 0.25) is 5.88 Å². The fourth-order valence-corrected chi connectivity index (χ4v) is 1.85. The predicted molar refractivity (Wildman–Crippen MR) is 65.7 cm³/mol. The second-order valence-corrected chi connectivity index (χ2v) is 4.28. The van der Waals surface area contributed by atoms with E-state index >= 15 is 0 Å². The van der Waals surface area contributed by atoms with E-state index < -0.39 is 0 Å². The number of ether oxygens (including phenoxy) is 1. The van der Waals surface area contributed by atoms with Crippen LogP contribution in [-0.2, 0) is 6.42 Å². The van der Waals surface area contributed by atoms with Gasteiger partial charge in [-0.1, -0.05) is 26.7 Å². The summed E-state index contributed by atoms with van der Waals surface area (Å²) in [6, 6.07) is 0. The van der Waals surface area contributed by atoms with Gasteiger partial charge >= 0.3 is 0 Å². The molecule has 0 spiro atoms. The first kappa shape index (κ1) is 12.9. The van der Waals surface area contributed by atoms with Gasteiger partial charge in [0.25, 0.3) is 0 Å². The maximum absolute atomic E-state index is 5.37. The van der Waals surface area contributed by atoms with Crippen LogP contribution in [0.5, 0.6) is 5.88 Å². The lowest BCUT2D eigenvalue weighted by Crippen LogP contribution is -2.05. The van der Waals surface area contributed by atoms with Gasteiger partial charge in [-0.15, -0.1) is 0 Å². The molecule has 0 aliphatic rings. The van der Waals surface area contributed by atoms with Gasteiger partial charge in [-0.3, -0.25) is 4.98 Å². The molecule has 3 nitrogen and oxygen atoms in total. The van der Waals surface area contributed by atoms with Crippen molar-refractivity contribution in [2.24, 2.45) is 5.92 Å². The number of hydrogen-bond donors (Lipinski definition) is 0. The predicted octanol–water partition coefficient (Wildman–Crippen LogP) is 3.16. The van der Waals surface area contributed by atoms with E-state index in [2.05, 4.69) is 23.8 Å². The third-order valence-corrected chi connectivity index (χ3v) is 2.57. The van der Waals surface area contributed by atoms with Crippen LogP contribution in [0.3, 0.4) is 0 Å². The Bertz CT molecular complexity index is 326. The Kier molecular flexibility index (Phi) is 5.23. The van der Waals surface area contributed by atoms with Gasteiger partial charge in [-0.2, -0.15) is 0 Å². The van der Waals surface area contributed by atoms with E-state index in [0.717, 1.165) is 17.8 Å². The second-order valence-electron chi connectivity index (χ2n) is 4.28. The SMILES string of the molecule is CCCC(C)Cc1cnc(OCC)c(C)n1. The lowest BCUT2D eigenvalue weighted by molar-refractivity contribution is 0.321. The monoisotopic (exact) mass is 222 g/mol. The molecule has 0 fully saturated rings. The Morgan fingerprint density at radius 3 is 2.69 bits per heavy atom. The van der Waals surface area contributed by atoms with Crippen LogP contribution in [0.4, 0.5) is 0 Å². The summed E-state index contributed by atoms with van der Waals surface area (Å²) < 4.78 is 5.37.